The fourth-order valence-electron chi connectivity index (χ4n) is 3.04. The molecular formula is C20H20F3N5OS. The van der Waals surface area contributed by atoms with Crippen molar-refractivity contribution < 1.29 is 18.0 Å². The highest BCUT2D eigenvalue weighted by molar-refractivity contribution is 7.98. The van der Waals surface area contributed by atoms with Crippen LogP contribution in [-0.2, 0) is 17.4 Å². The molecule has 1 aromatic carbocycles. The number of nitrogens with zero attached hydrogens (tertiary/aromatic N) is 4. The minimum absolute atomic E-state index is 0.0425. The zero-order valence-electron chi connectivity index (χ0n) is 16.6. The molecule has 2 aromatic heterocycles. The summed E-state index contributed by atoms with van der Waals surface area (Å²) in [6.07, 6.45) is 0.926. The van der Waals surface area contributed by atoms with Crippen molar-refractivity contribution >= 4 is 23.4 Å². The summed E-state index contributed by atoms with van der Waals surface area (Å²) in [4.78, 5) is 21.3. The summed E-state index contributed by atoms with van der Waals surface area (Å²) >= 11 is 1.43. The van der Waals surface area contributed by atoms with Crippen molar-refractivity contribution in [2.75, 3.05) is 11.6 Å². The number of amides is 1. The number of thioether (sulfide) groups is 1. The van der Waals surface area contributed by atoms with Crippen LogP contribution < -0.4 is 5.32 Å². The van der Waals surface area contributed by atoms with Gasteiger partial charge >= 0.3 is 6.18 Å². The Kier molecular flexibility index (Phi) is 6.45. The smallest absolute Gasteiger partial charge is 0.324 e. The van der Waals surface area contributed by atoms with Crippen LogP contribution in [0.25, 0.3) is 5.69 Å². The van der Waals surface area contributed by atoms with Crippen molar-refractivity contribution in [1.82, 2.24) is 19.7 Å². The van der Waals surface area contributed by atoms with Crippen LogP contribution in [0.2, 0.25) is 0 Å². The van der Waals surface area contributed by atoms with Gasteiger partial charge in [-0.25, -0.2) is 14.6 Å². The minimum atomic E-state index is -4.52. The topological polar surface area (TPSA) is 72.7 Å². The third-order valence-corrected chi connectivity index (χ3v) is 5.08. The second-order valence-electron chi connectivity index (χ2n) is 6.59. The van der Waals surface area contributed by atoms with Gasteiger partial charge in [-0.05, 0) is 56.4 Å². The molecule has 0 bridgehead atoms. The van der Waals surface area contributed by atoms with Crippen LogP contribution in [0.5, 0.6) is 0 Å². The molecule has 0 fully saturated rings. The molecule has 10 heteroatoms. The Morgan fingerprint density at radius 2 is 1.90 bits per heavy atom. The Bertz CT molecular complexity index is 1030. The Labute approximate surface area is 175 Å². The molecule has 0 atom stereocenters. The third kappa shape index (κ3) is 4.99. The first-order valence-electron chi connectivity index (χ1n) is 9.08. The van der Waals surface area contributed by atoms with Gasteiger partial charge in [0.15, 0.2) is 5.16 Å². The average molecular weight is 435 g/mol. The molecule has 6 nitrogen and oxygen atoms in total. The Morgan fingerprint density at radius 3 is 2.47 bits per heavy atom. The van der Waals surface area contributed by atoms with Gasteiger partial charge < -0.3 is 5.32 Å². The van der Waals surface area contributed by atoms with Crippen molar-refractivity contribution in [3.63, 3.8) is 0 Å². The molecule has 0 aliphatic rings. The van der Waals surface area contributed by atoms with E-state index in [0.717, 1.165) is 29.1 Å². The number of carbonyl (C=O) groups excluding carboxylic acids is 1. The van der Waals surface area contributed by atoms with E-state index in [1.165, 1.54) is 28.7 Å². The second kappa shape index (κ2) is 8.86. The maximum atomic E-state index is 13.1. The van der Waals surface area contributed by atoms with Crippen molar-refractivity contribution in [2.45, 2.75) is 38.0 Å². The number of alkyl halides is 3. The summed E-state index contributed by atoms with van der Waals surface area (Å²) in [5.74, 6) is -0.407. The Morgan fingerprint density at radius 1 is 1.20 bits per heavy atom. The monoisotopic (exact) mass is 435 g/mol. The van der Waals surface area contributed by atoms with Crippen LogP contribution in [0.3, 0.4) is 0 Å². The highest BCUT2D eigenvalue weighted by Gasteiger charge is 2.31. The van der Waals surface area contributed by atoms with Gasteiger partial charge in [-0.3, -0.25) is 4.79 Å². The van der Waals surface area contributed by atoms with E-state index in [4.69, 9.17) is 0 Å². The number of benzene rings is 1. The fourth-order valence-corrected chi connectivity index (χ4v) is 3.49. The number of halogens is 3. The molecule has 0 aliphatic carbocycles. The molecular weight excluding hydrogens is 415 g/mol. The molecule has 2 heterocycles. The molecule has 0 spiro atoms. The Balaban J connectivity index is 1.81. The van der Waals surface area contributed by atoms with Gasteiger partial charge in [0, 0.05) is 30.2 Å². The Hall–Kier alpha value is -2.88. The number of hydrogen-bond donors (Lipinski definition) is 1. The number of anilines is 1. The second-order valence-corrected chi connectivity index (χ2v) is 7.36. The van der Waals surface area contributed by atoms with Crippen LogP contribution in [0.1, 0.15) is 28.9 Å². The van der Waals surface area contributed by atoms with E-state index in [1.54, 1.807) is 12.3 Å². The van der Waals surface area contributed by atoms with Crippen molar-refractivity contribution in [3.05, 3.63) is 59.2 Å². The summed E-state index contributed by atoms with van der Waals surface area (Å²) in [6.45, 7) is 3.70. The standard InChI is InChI=1S/C20H20F3N5OS/c1-12-15(13(2)26-19(25-12)30-3)6-8-18(29)27-16-11-14(20(21,22)23)5-7-17(16)28-10-4-9-24-28/h4-5,7,9-11H,6,8H2,1-3H3,(H,27,29). The first-order chi connectivity index (χ1) is 14.2. The minimum Gasteiger partial charge on any atom is -0.324 e. The van der Waals surface area contributed by atoms with E-state index in [0.29, 0.717) is 17.3 Å². The number of aromatic nitrogens is 4. The van der Waals surface area contributed by atoms with Gasteiger partial charge in [0.1, 0.15) is 0 Å². The SMILES string of the molecule is CSc1nc(C)c(CCC(=O)Nc2cc(C(F)(F)F)ccc2-n2cccn2)c(C)n1. The van der Waals surface area contributed by atoms with Crippen LogP contribution >= 0.6 is 11.8 Å². The quantitative estimate of drug-likeness (QED) is 0.453. The molecule has 0 saturated heterocycles. The predicted molar refractivity (Wildman–Crippen MR) is 109 cm³/mol. The number of rotatable bonds is 6. The molecule has 0 saturated carbocycles. The average Bonchev–Trinajstić information content (AvgIpc) is 3.21. The van der Waals surface area contributed by atoms with Crippen molar-refractivity contribution in [3.8, 4) is 5.69 Å². The highest BCUT2D eigenvalue weighted by Crippen LogP contribution is 2.33. The van der Waals surface area contributed by atoms with Gasteiger partial charge in [0.05, 0.1) is 16.9 Å². The van der Waals surface area contributed by atoms with E-state index in [1.807, 2.05) is 20.1 Å². The van der Waals surface area contributed by atoms with E-state index < -0.39 is 17.6 Å². The van der Waals surface area contributed by atoms with Gasteiger partial charge in [0.2, 0.25) is 5.91 Å². The number of carbonyl (C=O) groups is 1. The van der Waals surface area contributed by atoms with Crippen molar-refractivity contribution in [2.24, 2.45) is 0 Å². The summed E-state index contributed by atoms with van der Waals surface area (Å²) < 4.78 is 40.8. The van der Waals surface area contributed by atoms with E-state index >= 15 is 0 Å². The lowest BCUT2D eigenvalue weighted by molar-refractivity contribution is -0.137. The summed E-state index contributed by atoms with van der Waals surface area (Å²) in [6, 6.07) is 4.81. The van der Waals surface area contributed by atoms with Gasteiger partial charge in [-0.1, -0.05) is 11.8 Å². The summed E-state index contributed by atoms with van der Waals surface area (Å²) in [5.41, 5.74) is 1.98. The summed E-state index contributed by atoms with van der Waals surface area (Å²) in [7, 11) is 0. The molecule has 0 aliphatic heterocycles. The number of nitrogens with one attached hydrogen (secondary N) is 1. The normalized spacial score (nSPS) is 11.5. The van der Waals surface area contributed by atoms with E-state index in [2.05, 4.69) is 20.4 Å². The van der Waals surface area contributed by atoms with Crippen LogP contribution in [-0.4, -0.2) is 31.9 Å². The summed E-state index contributed by atoms with van der Waals surface area (Å²) in [5, 5.41) is 7.30. The zero-order chi connectivity index (χ0) is 21.9. The first kappa shape index (κ1) is 21.8. The van der Waals surface area contributed by atoms with Crippen LogP contribution in [0, 0.1) is 13.8 Å². The van der Waals surface area contributed by atoms with Crippen molar-refractivity contribution in [1.29, 1.82) is 0 Å². The largest absolute Gasteiger partial charge is 0.416 e. The molecule has 1 amide bonds. The lowest BCUT2D eigenvalue weighted by Gasteiger charge is -2.15. The molecule has 158 valence electrons. The molecule has 3 aromatic rings. The number of hydrogen-bond acceptors (Lipinski definition) is 5. The molecule has 30 heavy (non-hydrogen) atoms. The molecule has 0 radical (unpaired) electrons. The highest BCUT2D eigenvalue weighted by atomic mass is 32.2. The van der Waals surface area contributed by atoms with E-state index in [9.17, 15) is 18.0 Å². The fraction of sp³-hybridized carbons (Fsp3) is 0.300. The third-order valence-electron chi connectivity index (χ3n) is 4.53. The zero-order valence-corrected chi connectivity index (χ0v) is 17.4. The van der Waals surface area contributed by atoms with Gasteiger partial charge in [0.25, 0.3) is 0 Å². The lowest BCUT2D eigenvalue weighted by atomic mass is 10.1. The molecule has 1 N–H and O–H groups in total. The lowest BCUT2D eigenvalue weighted by Crippen LogP contribution is -2.16. The van der Waals surface area contributed by atoms with Gasteiger partial charge in [-0.15, -0.1) is 0 Å². The van der Waals surface area contributed by atoms with Crippen LogP contribution in [0.15, 0.2) is 41.8 Å². The van der Waals surface area contributed by atoms with E-state index in [-0.39, 0.29) is 12.1 Å². The van der Waals surface area contributed by atoms with Gasteiger partial charge in [-0.2, -0.15) is 18.3 Å². The maximum Gasteiger partial charge on any atom is 0.416 e. The first-order valence-corrected chi connectivity index (χ1v) is 10.3. The van der Waals surface area contributed by atoms with Crippen LogP contribution in [0.4, 0.5) is 18.9 Å². The predicted octanol–water partition coefficient (Wildman–Crippen LogP) is 4.59. The number of aryl methyl sites for hydroxylation is 2. The molecule has 0 unspecified atom stereocenters. The molecule has 3 rings (SSSR count). The maximum absolute atomic E-state index is 13.1.